The molecule has 2 rings (SSSR count). The number of aliphatic hydroxyl groups excluding tert-OH is 1. The molecule has 122 valence electrons. The fraction of sp³-hybridized carbons (Fsp3) is 0.143. The molecular formula is C14H12ClF5OS. The van der Waals surface area contributed by atoms with Crippen LogP contribution in [0.5, 0.6) is 0 Å². The van der Waals surface area contributed by atoms with Crippen molar-refractivity contribution in [1.29, 1.82) is 0 Å². The lowest BCUT2D eigenvalue weighted by Gasteiger charge is -2.40. The van der Waals surface area contributed by atoms with Crippen LogP contribution in [0.4, 0.5) is 19.4 Å². The molecule has 0 spiro atoms. The molecule has 22 heavy (non-hydrogen) atoms. The van der Waals surface area contributed by atoms with Gasteiger partial charge in [-0.05, 0) is 35.4 Å². The van der Waals surface area contributed by atoms with E-state index in [1.54, 1.807) is 24.3 Å². The standard InChI is InChI=1S/C14H12ClF5OS/c15-12-5-3-11(4-6-12)14(21)9-10-1-7-13(8-2-10)22(16,17,18,19)20/h1-8,14,21H,9H2. The van der Waals surface area contributed by atoms with Gasteiger partial charge < -0.3 is 5.11 Å². The van der Waals surface area contributed by atoms with Gasteiger partial charge in [-0.25, -0.2) is 0 Å². The molecule has 1 nitrogen and oxygen atoms in total. The molecule has 1 atom stereocenters. The maximum Gasteiger partial charge on any atom is 0.310 e. The summed E-state index contributed by atoms with van der Waals surface area (Å²) in [7, 11) is -9.65. The molecule has 1 N–H and O–H groups in total. The Morgan fingerprint density at radius 3 is 1.82 bits per heavy atom. The minimum absolute atomic E-state index is 0.00221. The van der Waals surface area contributed by atoms with Crippen molar-refractivity contribution >= 4 is 21.8 Å². The molecule has 0 aliphatic heterocycles. The number of hydrogen-bond acceptors (Lipinski definition) is 1. The van der Waals surface area contributed by atoms with Crippen LogP contribution < -0.4 is 0 Å². The highest BCUT2D eigenvalue weighted by Gasteiger charge is 2.65. The minimum Gasteiger partial charge on any atom is -0.388 e. The highest BCUT2D eigenvalue weighted by Crippen LogP contribution is 3.02. The molecule has 0 aliphatic rings. The van der Waals surface area contributed by atoms with E-state index in [9.17, 15) is 24.5 Å². The number of benzene rings is 2. The highest BCUT2D eigenvalue weighted by atomic mass is 35.5. The summed E-state index contributed by atoms with van der Waals surface area (Å²) in [6.45, 7) is 0. The zero-order valence-corrected chi connectivity index (χ0v) is 12.6. The number of aliphatic hydroxyl groups is 1. The minimum atomic E-state index is -9.65. The van der Waals surface area contributed by atoms with Crippen molar-refractivity contribution in [3.05, 3.63) is 64.7 Å². The molecular weight excluding hydrogens is 347 g/mol. The van der Waals surface area contributed by atoms with Crippen molar-refractivity contribution in [2.45, 2.75) is 17.4 Å². The lowest BCUT2D eigenvalue weighted by molar-refractivity contribution is 0.178. The van der Waals surface area contributed by atoms with Gasteiger partial charge in [0, 0.05) is 11.4 Å². The van der Waals surface area contributed by atoms with E-state index in [2.05, 4.69) is 0 Å². The van der Waals surface area contributed by atoms with Gasteiger partial charge >= 0.3 is 10.2 Å². The van der Waals surface area contributed by atoms with Crippen LogP contribution >= 0.6 is 21.8 Å². The fourth-order valence-corrected chi connectivity index (χ4v) is 2.69. The van der Waals surface area contributed by atoms with E-state index in [0.717, 1.165) is 12.1 Å². The second kappa shape index (κ2) is 4.84. The zero-order valence-electron chi connectivity index (χ0n) is 11.0. The molecule has 0 saturated heterocycles. The Kier molecular flexibility index (Phi) is 3.75. The van der Waals surface area contributed by atoms with Gasteiger partial charge in [0.15, 0.2) is 0 Å². The summed E-state index contributed by atoms with van der Waals surface area (Å²) in [4.78, 5) is -1.94. The van der Waals surface area contributed by atoms with E-state index in [1.165, 1.54) is 0 Å². The zero-order chi connectivity index (χ0) is 16.7. The van der Waals surface area contributed by atoms with E-state index >= 15 is 0 Å². The van der Waals surface area contributed by atoms with E-state index in [0.29, 0.717) is 28.3 Å². The van der Waals surface area contributed by atoms with Crippen LogP contribution in [-0.2, 0) is 6.42 Å². The van der Waals surface area contributed by atoms with Crippen molar-refractivity contribution in [3.63, 3.8) is 0 Å². The van der Waals surface area contributed by atoms with Gasteiger partial charge in [-0.3, -0.25) is 0 Å². The molecule has 0 bridgehead atoms. The quantitative estimate of drug-likeness (QED) is 0.638. The fourth-order valence-electron chi connectivity index (χ4n) is 1.91. The average molecular weight is 359 g/mol. The maximum absolute atomic E-state index is 12.6. The molecule has 0 amide bonds. The lowest BCUT2D eigenvalue weighted by atomic mass is 10.0. The van der Waals surface area contributed by atoms with Gasteiger partial charge in [0.05, 0.1) is 6.10 Å². The van der Waals surface area contributed by atoms with E-state index in [-0.39, 0.29) is 6.42 Å². The SMILES string of the molecule is OC(Cc1ccc(S(F)(F)(F)(F)F)cc1)c1ccc(Cl)cc1. The molecule has 0 saturated carbocycles. The van der Waals surface area contributed by atoms with Crippen LogP contribution in [0.15, 0.2) is 53.4 Å². The summed E-state index contributed by atoms with van der Waals surface area (Å²) in [5.41, 5.74) is 0.842. The van der Waals surface area contributed by atoms with Crippen molar-refractivity contribution in [3.8, 4) is 0 Å². The van der Waals surface area contributed by atoms with E-state index in [1.807, 2.05) is 0 Å². The summed E-state index contributed by atoms with van der Waals surface area (Å²) in [6, 6.07) is 8.84. The van der Waals surface area contributed by atoms with Crippen LogP contribution in [0.1, 0.15) is 17.2 Å². The molecule has 0 aromatic heterocycles. The van der Waals surface area contributed by atoms with Gasteiger partial charge in [0.25, 0.3) is 0 Å². The van der Waals surface area contributed by atoms with E-state index < -0.39 is 21.2 Å². The predicted molar refractivity (Wildman–Crippen MR) is 78.0 cm³/mol. The highest BCUT2D eigenvalue weighted by molar-refractivity contribution is 8.45. The smallest absolute Gasteiger partial charge is 0.310 e. The second-order valence-corrected chi connectivity index (χ2v) is 7.73. The first kappa shape index (κ1) is 17.1. The summed E-state index contributed by atoms with van der Waals surface area (Å²) < 4.78 is 62.9. The van der Waals surface area contributed by atoms with Crippen LogP contribution in [0, 0.1) is 0 Å². The Morgan fingerprint density at radius 1 is 0.864 bits per heavy atom. The predicted octanol–water partition coefficient (Wildman–Crippen LogP) is 6.27. The molecule has 2 aromatic carbocycles. The molecule has 0 aliphatic carbocycles. The molecule has 0 fully saturated rings. The molecule has 0 heterocycles. The number of halogens is 6. The van der Waals surface area contributed by atoms with Crippen molar-refractivity contribution < 1.29 is 24.5 Å². The third kappa shape index (κ3) is 4.34. The Balaban J connectivity index is 2.17. The first-order valence-corrected chi connectivity index (χ1v) is 8.45. The Bertz CT molecular complexity index is 667. The Hall–Kier alpha value is -1.31. The van der Waals surface area contributed by atoms with Gasteiger partial charge in [0.1, 0.15) is 4.90 Å². The normalized spacial score (nSPS) is 16.7. The monoisotopic (exact) mass is 358 g/mol. The maximum atomic E-state index is 12.6. The van der Waals surface area contributed by atoms with Gasteiger partial charge in [0.2, 0.25) is 0 Å². The van der Waals surface area contributed by atoms with Gasteiger partial charge in [-0.2, -0.15) is 0 Å². The molecule has 2 aromatic rings. The summed E-state index contributed by atoms with van der Waals surface area (Å²) in [6.07, 6.45) is -0.967. The Morgan fingerprint density at radius 2 is 1.36 bits per heavy atom. The van der Waals surface area contributed by atoms with Crippen LogP contribution in [-0.4, -0.2) is 5.11 Å². The van der Waals surface area contributed by atoms with Gasteiger partial charge in [-0.15, -0.1) is 0 Å². The summed E-state index contributed by atoms with van der Waals surface area (Å²) in [5, 5.41) is 10.5. The molecule has 0 radical (unpaired) electrons. The summed E-state index contributed by atoms with van der Waals surface area (Å²) >= 11 is 5.71. The first-order valence-electron chi connectivity index (χ1n) is 6.12. The number of rotatable bonds is 4. The van der Waals surface area contributed by atoms with Gasteiger partial charge in [-0.1, -0.05) is 55.3 Å². The van der Waals surface area contributed by atoms with E-state index in [4.69, 9.17) is 11.6 Å². The van der Waals surface area contributed by atoms with Crippen LogP contribution in [0.25, 0.3) is 0 Å². The lowest BCUT2D eigenvalue weighted by Crippen LogP contribution is -2.06. The molecule has 8 heteroatoms. The van der Waals surface area contributed by atoms with Crippen LogP contribution in [0.3, 0.4) is 0 Å². The van der Waals surface area contributed by atoms with Crippen LogP contribution in [0.2, 0.25) is 5.02 Å². The summed E-state index contributed by atoms with van der Waals surface area (Å²) in [5.74, 6) is 0. The third-order valence-electron chi connectivity index (χ3n) is 3.05. The van der Waals surface area contributed by atoms with Crippen molar-refractivity contribution in [2.24, 2.45) is 0 Å². The second-order valence-electron chi connectivity index (χ2n) is 4.88. The van der Waals surface area contributed by atoms with Crippen molar-refractivity contribution in [2.75, 3.05) is 0 Å². The molecule has 1 unspecified atom stereocenters. The largest absolute Gasteiger partial charge is 0.388 e. The number of hydrogen-bond donors (Lipinski definition) is 1. The first-order chi connectivity index (χ1) is 9.85. The Labute approximate surface area is 129 Å². The average Bonchev–Trinajstić information content (AvgIpc) is 2.37. The van der Waals surface area contributed by atoms with Crippen molar-refractivity contribution in [1.82, 2.24) is 0 Å². The third-order valence-corrected chi connectivity index (χ3v) is 4.47. The topological polar surface area (TPSA) is 20.2 Å².